The highest BCUT2D eigenvalue weighted by Crippen LogP contribution is 2.40. The molecule has 2 heteroatoms. The molecular formula is C9H16O2. The molecule has 1 aliphatic rings. The molecule has 64 valence electrons. The lowest BCUT2D eigenvalue weighted by molar-refractivity contribution is 0.0769. The normalized spacial score (nSPS) is 35.2. The van der Waals surface area contributed by atoms with Crippen molar-refractivity contribution in [2.75, 3.05) is 7.11 Å². The van der Waals surface area contributed by atoms with Crippen molar-refractivity contribution in [3.63, 3.8) is 0 Å². The average molecular weight is 156 g/mol. The van der Waals surface area contributed by atoms with Crippen LogP contribution in [0, 0.1) is 11.3 Å². The maximum absolute atomic E-state index is 9.60. The number of allylic oxidation sites excluding steroid dienone is 1. The van der Waals surface area contributed by atoms with Gasteiger partial charge in [-0.3, -0.25) is 0 Å². The minimum atomic E-state index is -0.421. The lowest BCUT2D eigenvalue weighted by Gasteiger charge is -2.23. The van der Waals surface area contributed by atoms with E-state index in [1.807, 2.05) is 13.0 Å². The molecule has 0 saturated carbocycles. The van der Waals surface area contributed by atoms with Crippen LogP contribution in [0.4, 0.5) is 0 Å². The monoisotopic (exact) mass is 156 g/mol. The van der Waals surface area contributed by atoms with Crippen molar-refractivity contribution in [1.82, 2.24) is 0 Å². The fraction of sp³-hybridized carbons (Fsp3) is 0.778. The second-order valence-corrected chi connectivity index (χ2v) is 3.81. The topological polar surface area (TPSA) is 29.5 Å². The predicted molar refractivity (Wildman–Crippen MR) is 44.0 cm³/mol. The van der Waals surface area contributed by atoms with Crippen molar-refractivity contribution in [3.8, 4) is 0 Å². The Morgan fingerprint density at radius 1 is 1.55 bits per heavy atom. The first-order chi connectivity index (χ1) is 4.99. The molecule has 2 nitrogen and oxygen atoms in total. The number of hydrogen-bond donors (Lipinski definition) is 1. The van der Waals surface area contributed by atoms with Crippen LogP contribution in [0.5, 0.6) is 0 Å². The molecule has 0 fully saturated rings. The molecule has 2 atom stereocenters. The summed E-state index contributed by atoms with van der Waals surface area (Å²) >= 11 is 0. The molecule has 0 heterocycles. The first-order valence-electron chi connectivity index (χ1n) is 3.94. The maximum atomic E-state index is 9.60. The second kappa shape index (κ2) is 2.52. The van der Waals surface area contributed by atoms with Gasteiger partial charge in [-0.15, -0.1) is 0 Å². The van der Waals surface area contributed by atoms with Gasteiger partial charge in [-0.25, -0.2) is 0 Å². The predicted octanol–water partition coefficient (Wildman–Crippen LogP) is 1.55. The minimum absolute atomic E-state index is 0.0603. The van der Waals surface area contributed by atoms with Crippen molar-refractivity contribution < 1.29 is 9.84 Å². The van der Waals surface area contributed by atoms with Gasteiger partial charge in [-0.1, -0.05) is 20.8 Å². The van der Waals surface area contributed by atoms with Crippen molar-refractivity contribution in [1.29, 1.82) is 0 Å². The van der Waals surface area contributed by atoms with Crippen LogP contribution in [-0.2, 0) is 4.74 Å². The maximum Gasteiger partial charge on any atom is 0.121 e. The molecule has 0 radical (unpaired) electrons. The van der Waals surface area contributed by atoms with E-state index in [4.69, 9.17) is 4.74 Å². The molecule has 0 aromatic carbocycles. The highest BCUT2D eigenvalue weighted by molar-refractivity contribution is 5.17. The van der Waals surface area contributed by atoms with Crippen LogP contribution in [0.2, 0.25) is 0 Å². The van der Waals surface area contributed by atoms with Gasteiger partial charge in [0.05, 0.1) is 7.11 Å². The van der Waals surface area contributed by atoms with Gasteiger partial charge >= 0.3 is 0 Å². The number of rotatable bonds is 1. The zero-order chi connectivity index (χ0) is 8.65. The molecular weight excluding hydrogens is 140 g/mol. The summed E-state index contributed by atoms with van der Waals surface area (Å²) < 4.78 is 5.04. The number of aliphatic hydroxyl groups is 1. The molecule has 0 bridgehead atoms. The molecule has 0 aromatic heterocycles. The van der Waals surface area contributed by atoms with Crippen LogP contribution in [-0.4, -0.2) is 18.3 Å². The summed E-state index contributed by atoms with van der Waals surface area (Å²) in [7, 11) is 1.60. The molecule has 0 spiro atoms. The lowest BCUT2D eigenvalue weighted by atomic mass is 9.83. The third kappa shape index (κ3) is 1.27. The van der Waals surface area contributed by atoms with Crippen LogP contribution in [0.15, 0.2) is 11.8 Å². The average Bonchev–Trinajstić information content (AvgIpc) is 2.13. The fourth-order valence-electron chi connectivity index (χ4n) is 1.42. The Labute approximate surface area is 67.9 Å². The van der Waals surface area contributed by atoms with E-state index >= 15 is 0 Å². The number of hydrogen-bond acceptors (Lipinski definition) is 2. The Morgan fingerprint density at radius 3 is 2.27 bits per heavy atom. The van der Waals surface area contributed by atoms with Crippen LogP contribution in [0.25, 0.3) is 0 Å². The molecule has 2 unspecified atom stereocenters. The summed E-state index contributed by atoms with van der Waals surface area (Å²) in [5, 5.41) is 9.60. The van der Waals surface area contributed by atoms with Crippen LogP contribution in [0.1, 0.15) is 20.8 Å². The second-order valence-electron chi connectivity index (χ2n) is 3.81. The first-order valence-corrected chi connectivity index (χ1v) is 3.94. The number of ether oxygens (including phenoxy) is 1. The summed E-state index contributed by atoms with van der Waals surface area (Å²) in [6, 6.07) is 0. The third-order valence-corrected chi connectivity index (χ3v) is 2.69. The standard InChI is InChI=1S/C9H16O2/c1-6-8(10)7(11-4)5-9(6,2)3/h5-6,8,10H,1-4H3. The lowest BCUT2D eigenvalue weighted by Crippen LogP contribution is -2.24. The van der Waals surface area contributed by atoms with Crippen molar-refractivity contribution >= 4 is 0 Å². The van der Waals surface area contributed by atoms with Gasteiger partial charge in [0, 0.05) is 0 Å². The van der Waals surface area contributed by atoms with E-state index in [0.717, 1.165) is 0 Å². The van der Waals surface area contributed by atoms with E-state index in [2.05, 4.69) is 13.8 Å². The molecule has 1 rings (SSSR count). The van der Waals surface area contributed by atoms with Gasteiger partial charge < -0.3 is 9.84 Å². The quantitative estimate of drug-likeness (QED) is 0.624. The smallest absolute Gasteiger partial charge is 0.121 e. The van der Waals surface area contributed by atoms with Gasteiger partial charge in [0.15, 0.2) is 0 Å². The summed E-state index contributed by atoms with van der Waals surface area (Å²) in [5.41, 5.74) is 0.0603. The van der Waals surface area contributed by atoms with E-state index in [-0.39, 0.29) is 11.3 Å². The van der Waals surface area contributed by atoms with E-state index in [1.54, 1.807) is 7.11 Å². The zero-order valence-electron chi connectivity index (χ0n) is 7.59. The van der Waals surface area contributed by atoms with Gasteiger partial charge in [0.1, 0.15) is 11.9 Å². The zero-order valence-corrected chi connectivity index (χ0v) is 7.59. The Balaban J connectivity index is 2.85. The van der Waals surface area contributed by atoms with E-state index in [1.165, 1.54) is 0 Å². The largest absolute Gasteiger partial charge is 0.499 e. The van der Waals surface area contributed by atoms with E-state index in [9.17, 15) is 5.11 Å². The minimum Gasteiger partial charge on any atom is -0.499 e. The van der Waals surface area contributed by atoms with Crippen LogP contribution < -0.4 is 0 Å². The molecule has 0 saturated heterocycles. The Bertz CT molecular complexity index is 182. The van der Waals surface area contributed by atoms with E-state index in [0.29, 0.717) is 5.76 Å². The SMILES string of the molecule is COC1=CC(C)(C)C(C)C1O. The molecule has 0 amide bonds. The Kier molecular flexibility index (Phi) is 1.97. The fourth-order valence-corrected chi connectivity index (χ4v) is 1.42. The third-order valence-electron chi connectivity index (χ3n) is 2.69. The van der Waals surface area contributed by atoms with Gasteiger partial charge in [-0.05, 0) is 17.4 Å². The van der Waals surface area contributed by atoms with E-state index < -0.39 is 6.10 Å². The molecule has 11 heavy (non-hydrogen) atoms. The van der Waals surface area contributed by atoms with Crippen molar-refractivity contribution in [3.05, 3.63) is 11.8 Å². The van der Waals surface area contributed by atoms with Gasteiger partial charge in [0.2, 0.25) is 0 Å². The van der Waals surface area contributed by atoms with Gasteiger partial charge in [0.25, 0.3) is 0 Å². The highest BCUT2D eigenvalue weighted by Gasteiger charge is 2.39. The number of aliphatic hydroxyl groups excluding tert-OH is 1. The van der Waals surface area contributed by atoms with Crippen LogP contribution in [0.3, 0.4) is 0 Å². The molecule has 0 aromatic rings. The summed E-state index contributed by atoms with van der Waals surface area (Å²) in [4.78, 5) is 0. The highest BCUT2D eigenvalue weighted by atomic mass is 16.5. The van der Waals surface area contributed by atoms with Gasteiger partial charge in [-0.2, -0.15) is 0 Å². The Morgan fingerprint density at radius 2 is 2.09 bits per heavy atom. The molecule has 1 aliphatic carbocycles. The first kappa shape index (κ1) is 8.60. The molecule has 1 N–H and O–H groups in total. The summed E-state index contributed by atoms with van der Waals surface area (Å²) in [5.74, 6) is 0.958. The van der Waals surface area contributed by atoms with Crippen molar-refractivity contribution in [2.24, 2.45) is 11.3 Å². The summed E-state index contributed by atoms with van der Waals surface area (Å²) in [6.45, 7) is 6.24. The Hall–Kier alpha value is -0.500. The number of methoxy groups -OCH3 is 1. The van der Waals surface area contributed by atoms with Crippen molar-refractivity contribution in [2.45, 2.75) is 26.9 Å². The summed E-state index contributed by atoms with van der Waals surface area (Å²) in [6.07, 6.45) is 1.58. The molecule has 0 aliphatic heterocycles. The van der Waals surface area contributed by atoms with Crippen LogP contribution >= 0.6 is 0 Å².